The van der Waals surface area contributed by atoms with E-state index in [1.807, 2.05) is 0 Å². The fourth-order valence-electron chi connectivity index (χ4n) is 1.58. The lowest BCUT2D eigenvalue weighted by atomic mass is 10.2. The lowest BCUT2D eigenvalue weighted by Crippen LogP contribution is -2.02. The van der Waals surface area contributed by atoms with Crippen LogP contribution in [0.2, 0.25) is 5.02 Å². The number of rotatable bonds is 2. The van der Waals surface area contributed by atoms with E-state index in [2.05, 4.69) is 5.32 Å². The summed E-state index contributed by atoms with van der Waals surface area (Å²) in [5.41, 5.74) is 5.63. The van der Waals surface area contributed by atoms with E-state index in [4.69, 9.17) is 17.3 Å². The van der Waals surface area contributed by atoms with Gasteiger partial charge in [0.05, 0.1) is 16.4 Å². The van der Waals surface area contributed by atoms with E-state index in [0.29, 0.717) is 0 Å². The highest BCUT2D eigenvalue weighted by atomic mass is 35.5. The largest absolute Gasteiger partial charge is 0.397 e. The van der Waals surface area contributed by atoms with Crippen molar-refractivity contribution in [1.82, 2.24) is 0 Å². The molecule has 0 atom stereocenters. The molecular formula is C13H10ClF3N2. The van der Waals surface area contributed by atoms with Crippen molar-refractivity contribution in [3.63, 3.8) is 0 Å². The third-order valence-corrected chi connectivity index (χ3v) is 2.93. The molecule has 2 rings (SSSR count). The van der Waals surface area contributed by atoms with E-state index in [1.54, 1.807) is 0 Å². The van der Waals surface area contributed by atoms with Crippen LogP contribution in [0.5, 0.6) is 0 Å². The molecule has 2 aromatic rings. The van der Waals surface area contributed by atoms with E-state index < -0.39 is 17.5 Å². The van der Waals surface area contributed by atoms with Gasteiger partial charge in [-0.05, 0) is 24.6 Å². The molecule has 19 heavy (non-hydrogen) atoms. The molecule has 2 nitrogen and oxygen atoms in total. The Morgan fingerprint density at radius 3 is 2.47 bits per heavy atom. The molecule has 0 bridgehead atoms. The number of anilines is 3. The second-order valence-corrected chi connectivity index (χ2v) is 4.44. The molecule has 0 saturated carbocycles. The Kier molecular flexibility index (Phi) is 3.57. The van der Waals surface area contributed by atoms with Crippen LogP contribution in [0.1, 0.15) is 5.56 Å². The van der Waals surface area contributed by atoms with E-state index in [0.717, 1.165) is 12.1 Å². The van der Waals surface area contributed by atoms with Gasteiger partial charge in [0.25, 0.3) is 0 Å². The molecule has 0 spiro atoms. The van der Waals surface area contributed by atoms with Crippen molar-refractivity contribution in [3.8, 4) is 0 Å². The van der Waals surface area contributed by atoms with E-state index in [-0.39, 0.29) is 27.6 Å². The van der Waals surface area contributed by atoms with Crippen molar-refractivity contribution >= 4 is 28.7 Å². The summed E-state index contributed by atoms with van der Waals surface area (Å²) < 4.78 is 40.5. The molecule has 3 N–H and O–H groups in total. The smallest absolute Gasteiger partial charge is 0.152 e. The van der Waals surface area contributed by atoms with Gasteiger partial charge in [-0.15, -0.1) is 0 Å². The molecule has 0 aliphatic rings. The SMILES string of the molecule is Cc1ccc(F)c(Nc2cc(Cl)c(F)cc2N)c1F. The predicted octanol–water partition coefficient (Wildman–Crippen LogP) is 4.39. The number of nitrogens with one attached hydrogen (secondary N) is 1. The zero-order valence-corrected chi connectivity index (χ0v) is 10.7. The van der Waals surface area contributed by atoms with Crippen LogP contribution in [-0.2, 0) is 0 Å². The van der Waals surface area contributed by atoms with Crippen LogP contribution in [0.3, 0.4) is 0 Å². The molecule has 0 saturated heterocycles. The van der Waals surface area contributed by atoms with Crippen molar-refractivity contribution < 1.29 is 13.2 Å². The van der Waals surface area contributed by atoms with Crippen LogP contribution in [-0.4, -0.2) is 0 Å². The van der Waals surface area contributed by atoms with Gasteiger partial charge in [0.15, 0.2) is 5.82 Å². The fourth-order valence-corrected chi connectivity index (χ4v) is 1.74. The summed E-state index contributed by atoms with van der Waals surface area (Å²) in [6.07, 6.45) is 0. The number of hydrogen-bond donors (Lipinski definition) is 2. The lowest BCUT2D eigenvalue weighted by Gasteiger charge is -2.13. The van der Waals surface area contributed by atoms with Crippen LogP contribution < -0.4 is 11.1 Å². The number of nitrogen functional groups attached to an aromatic ring is 1. The molecule has 100 valence electrons. The average Bonchev–Trinajstić information content (AvgIpc) is 2.36. The minimum Gasteiger partial charge on any atom is -0.397 e. The zero-order valence-electron chi connectivity index (χ0n) is 9.90. The molecule has 0 heterocycles. The number of benzene rings is 2. The highest BCUT2D eigenvalue weighted by Gasteiger charge is 2.14. The predicted molar refractivity (Wildman–Crippen MR) is 70.2 cm³/mol. The molecule has 0 aliphatic heterocycles. The van der Waals surface area contributed by atoms with Gasteiger partial charge in [-0.1, -0.05) is 17.7 Å². The Hall–Kier alpha value is -1.88. The second-order valence-electron chi connectivity index (χ2n) is 4.03. The Labute approximate surface area is 113 Å². The minimum atomic E-state index is -0.775. The van der Waals surface area contributed by atoms with Gasteiger partial charge in [-0.3, -0.25) is 0 Å². The summed E-state index contributed by atoms with van der Waals surface area (Å²) in [5, 5.41) is 2.30. The van der Waals surface area contributed by atoms with Crippen LogP contribution in [0.4, 0.5) is 30.2 Å². The Morgan fingerprint density at radius 2 is 1.79 bits per heavy atom. The number of hydrogen-bond acceptors (Lipinski definition) is 2. The summed E-state index contributed by atoms with van der Waals surface area (Å²) in [6, 6.07) is 4.60. The monoisotopic (exact) mass is 286 g/mol. The Morgan fingerprint density at radius 1 is 1.11 bits per heavy atom. The normalized spacial score (nSPS) is 10.6. The molecular weight excluding hydrogens is 277 g/mol. The summed E-state index contributed by atoms with van der Waals surface area (Å²) in [7, 11) is 0. The molecule has 0 fully saturated rings. The van der Waals surface area contributed by atoms with Crippen LogP contribution in [0, 0.1) is 24.4 Å². The standard InChI is InChI=1S/C13H10ClF3N2/c1-6-2-3-8(15)13(12(6)17)19-11-4-7(14)9(16)5-10(11)18/h2-5,19H,18H2,1H3. The van der Waals surface area contributed by atoms with Crippen molar-refractivity contribution in [2.45, 2.75) is 6.92 Å². The molecule has 0 aliphatic carbocycles. The summed E-state index contributed by atoms with van der Waals surface area (Å²) in [6.45, 7) is 1.50. The third kappa shape index (κ3) is 2.61. The van der Waals surface area contributed by atoms with E-state index >= 15 is 0 Å². The first kappa shape index (κ1) is 13.5. The van der Waals surface area contributed by atoms with Crippen molar-refractivity contribution in [1.29, 1.82) is 0 Å². The highest BCUT2D eigenvalue weighted by molar-refractivity contribution is 6.31. The third-order valence-electron chi connectivity index (χ3n) is 2.64. The number of halogens is 4. The maximum atomic E-state index is 13.8. The first-order valence-corrected chi connectivity index (χ1v) is 5.74. The van der Waals surface area contributed by atoms with Gasteiger partial charge in [0, 0.05) is 6.07 Å². The number of nitrogens with two attached hydrogens (primary N) is 1. The van der Waals surface area contributed by atoms with Gasteiger partial charge in [-0.2, -0.15) is 0 Å². The minimum absolute atomic E-state index is 0.00204. The summed E-state index contributed by atoms with van der Waals surface area (Å²) in [4.78, 5) is 0. The van der Waals surface area contributed by atoms with Crippen molar-refractivity contribution in [3.05, 3.63) is 52.3 Å². The molecule has 0 radical (unpaired) electrons. The van der Waals surface area contributed by atoms with Gasteiger partial charge >= 0.3 is 0 Å². The quantitative estimate of drug-likeness (QED) is 0.804. The molecule has 0 aromatic heterocycles. The highest BCUT2D eigenvalue weighted by Crippen LogP contribution is 2.31. The summed E-state index contributed by atoms with van der Waals surface area (Å²) >= 11 is 5.60. The summed E-state index contributed by atoms with van der Waals surface area (Å²) in [5.74, 6) is -2.21. The van der Waals surface area contributed by atoms with Crippen LogP contribution >= 0.6 is 11.6 Å². The van der Waals surface area contributed by atoms with Crippen LogP contribution in [0.25, 0.3) is 0 Å². The van der Waals surface area contributed by atoms with Crippen LogP contribution in [0.15, 0.2) is 24.3 Å². The first-order valence-electron chi connectivity index (χ1n) is 5.36. The van der Waals surface area contributed by atoms with E-state index in [9.17, 15) is 13.2 Å². The molecule has 0 amide bonds. The lowest BCUT2D eigenvalue weighted by molar-refractivity contribution is 0.585. The van der Waals surface area contributed by atoms with E-state index in [1.165, 1.54) is 19.1 Å². The Bertz CT molecular complexity index is 644. The molecule has 2 aromatic carbocycles. The van der Waals surface area contributed by atoms with Gasteiger partial charge in [0.1, 0.15) is 17.3 Å². The average molecular weight is 287 g/mol. The van der Waals surface area contributed by atoms with Gasteiger partial charge in [-0.25, -0.2) is 13.2 Å². The maximum Gasteiger partial charge on any atom is 0.152 e. The van der Waals surface area contributed by atoms with Crippen molar-refractivity contribution in [2.75, 3.05) is 11.1 Å². The number of aryl methyl sites for hydroxylation is 1. The molecule has 6 heteroatoms. The zero-order chi connectivity index (χ0) is 14.2. The van der Waals surface area contributed by atoms with Gasteiger partial charge in [0.2, 0.25) is 0 Å². The topological polar surface area (TPSA) is 38.0 Å². The van der Waals surface area contributed by atoms with Gasteiger partial charge < -0.3 is 11.1 Å². The molecule has 0 unspecified atom stereocenters. The fraction of sp³-hybridized carbons (Fsp3) is 0.0769. The van der Waals surface area contributed by atoms with Crippen molar-refractivity contribution in [2.24, 2.45) is 0 Å². The Balaban J connectivity index is 2.48. The first-order chi connectivity index (χ1) is 8.90. The maximum absolute atomic E-state index is 13.8. The second kappa shape index (κ2) is 5.01.